The van der Waals surface area contributed by atoms with Gasteiger partial charge in [-0.3, -0.25) is 9.59 Å². The fraction of sp³-hybridized carbons (Fsp3) is 0.0357. The third kappa shape index (κ3) is 4.16. The SMILES string of the molecule is O=C(N/N=C/C=C/c1ccccc1)c1ccc(CN2C(=O)c3cccc4cccc2c34)cc1. The molecular weight excluding hydrogens is 410 g/mol. The summed E-state index contributed by atoms with van der Waals surface area (Å²) >= 11 is 0. The van der Waals surface area contributed by atoms with Crippen molar-refractivity contribution in [2.75, 3.05) is 4.90 Å². The summed E-state index contributed by atoms with van der Waals surface area (Å²) in [6.45, 7) is 0.441. The van der Waals surface area contributed by atoms with E-state index in [0.717, 1.165) is 33.2 Å². The maximum absolute atomic E-state index is 13.0. The number of benzene rings is 4. The summed E-state index contributed by atoms with van der Waals surface area (Å²) in [7, 11) is 0. The minimum Gasteiger partial charge on any atom is -0.303 e. The van der Waals surface area contributed by atoms with Crippen LogP contribution in [0.5, 0.6) is 0 Å². The Morgan fingerprint density at radius 3 is 2.42 bits per heavy atom. The predicted octanol–water partition coefficient (Wildman–Crippen LogP) is 5.43. The number of anilines is 1. The molecule has 0 saturated carbocycles. The molecule has 160 valence electrons. The van der Waals surface area contributed by atoms with Gasteiger partial charge < -0.3 is 4.90 Å². The molecule has 0 aromatic heterocycles. The second-order valence-electron chi connectivity index (χ2n) is 7.76. The van der Waals surface area contributed by atoms with E-state index in [1.807, 2.05) is 84.9 Å². The summed E-state index contributed by atoms with van der Waals surface area (Å²) in [4.78, 5) is 27.1. The Hall–Kier alpha value is -4.51. The van der Waals surface area contributed by atoms with Gasteiger partial charge in [0, 0.05) is 22.7 Å². The molecule has 2 amide bonds. The van der Waals surface area contributed by atoms with Crippen LogP contribution in [0.2, 0.25) is 0 Å². The molecule has 4 aromatic rings. The zero-order chi connectivity index (χ0) is 22.6. The average molecular weight is 431 g/mol. The largest absolute Gasteiger partial charge is 0.303 e. The number of hydrazone groups is 1. The van der Waals surface area contributed by atoms with E-state index in [2.05, 4.69) is 10.5 Å². The van der Waals surface area contributed by atoms with Crippen LogP contribution in [0.25, 0.3) is 16.8 Å². The molecule has 1 heterocycles. The molecule has 0 saturated heterocycles. The van der Waals surface area contributed by atoms with Crippen LogP contribution in [0.3, 0.4) is 0 Å². The van der Waals surface area contributed by atoms with Crippen molar-refractivity contribution in [1.29, 1.82) is 0 Å². The quantitative estimate of drug-likeness (QED) is 0.327. The maximum atomic E-state index is 13.0. The zero-order valence-electron chi connectivity index (χ0n) is 17.8. The third-order valence-corrected chi connectivity index (χ3v) is 5.62. The first kappa shape index (κ1) is 20.4. The predicted molar refractivity (Wildman–Crippen MR) is 132 cm³/mol. The van der Waals surface area contributed by atoms with E-state index in [1.165, 1.54) is 6.21 Å². The Bertz CT molecular complexity index is 1380. The van der Waals surface area contributed by atoms with E-state index in [9.17, 15) is 9.59 Å². The van der Waals surface area contributed by atoms with Gasteiger partial charge >= 0.3 is 0 Å². The molecule has 0 unspecified atom stereocenters. The number of hydrogen-bond donors (Lipinski definition) is 1. The Morgan fingerprint density at radius 1 is 0.879 bits per heavy atom. The molecule has 1 aliphatic heterocycles. The molecule has 0 bridgehead atoms. The number of amides is 2. The number of carbonyl (C=O) groups excluding carboxylic acids is 2. The molecule has 0 aliphatic carbocycles. The molecule has 1 N–H and O–H groups in total. The fourth-order valence-electron chi connectivity index (χ4n) is 4.00. The Morgan fingerprint density at radius 2 is 1.64 bits per heavy atom. The number of carbonyl (C=O) groups is 2. The molecule has 0 atom stereocenters. The van der Waals surface area contributed by atoms with E-state index >= 15 is 0 Å². The number of allylic oxidation sites excluding steroid dienone is 1. The summed E-state index contributed by atoms with van der Waals surface area (Å²) < 4.78 is 0. The number of nitrogens with zero attached hydrogens (tertiary/aromatic N) is 2. The van der Waals surface area contributed by atoms with Crippen LogP contribution in [0.4, 0.5) is 5.69 Å². The van der Waals surface area contributed by atoms with Gasteiger partial charge in [0.25, 0.3) is 11.8 Å². The van der Waals surface area contributed by atoms with Crippen molar-refractivity contribution in [3.63, 3.8) is 0 Å². The van der Waals surface area contributed by atoms with Crippen LogP contribution < -0.4 is 10.3 Å². The summed E-state index contributed by atoms with van der Waals surface area (Å²) in [5.74, 6) is -0.290. The number of nitrogens with one attached hydrogen (secondary N) is 1. The Kier molecular flexibility index (Phi) is 5.52. The zero-order valence-corrected chi connectivity index (χ0v) is 17.8. The summed E-state index contributed by atoms with van der Waals surface area (Å²) in [6.07, 6.45) is 5.21. The minimum absolute atomic E-state index is 0.00140. The Labute approximate surface area is 191 Å². The molecule has 0 fully saturated rings. The van der Waals surface area contributed by atoms with Gasteiger partial charge in [-0.25, -0.2) is 5.43 Å². The van der Waals surface area contributed by atoms with Crippen LogP contribution in [0.1, 0.15) is 31.8 Å². The first-order valence-corrected chi connectivity index (χ1v) is 10.7. The lowest BCUT2D eigenvalue weighted by Crippen LogP contribution is -2.26. The lowest BCUT2D eigenvalue weighted by Gasteiger charge is -2.18. The van der Waals surface area contributed by atoms with E-state index in [1.54, 1.807) is 23.1 Å². The lowest BCUT2D eigenvalue weighted by molar-refractivity contribution is 0.0953. The van der Waals surface area contributed by atoms with Gasteiger partial charge in [-0.15, -0.1) is 0 Å². The van der Waals surface area contributed by atoms with Crippen molar-refractivity contribution in [3.05, 3.63) is 119 Å². The monoisotopic (exact) mass is 431 g/mol. The minimum atomic E-state index is -0.291. The van der Waals surface area contributed by atoms with Crippen LogP contribution >= 0.6 is 0 Å². The molecule has 5 nitrogen and oxygen atoms in total. The first-order chi connectivity index (χ1) is 16.2. The van der Waals surface area contributed by atoms with Crippen molar-refractivity contribution in [2.45, 2.75) is 6.54 Å². The molecule has 0 radical (unpaired) electrons. The van der Waals surface area contributed by atoms with Crippen LogP contribution in [-0.2, 0) is 6.54 Å². The lowest BCUT2D eigenvalue weighted by atomic mass is 10.1. The summed E-state index contributed by atoms with van der Waals surface area (Å²) in [5.41, 5.74) is 6.68. The molecule has 33 heavy (non-hydrogen) atoms. The molecule has 5 heteroatoms. The van der Waals surface area contributed by atoms with Crippen molar-refractivity contribution in [3.8, 4) is 0 Å². The van der Waals surface area contributed by atoms with Gasteiger partial charge in [0.15, 0.2) is 0 Å². The van der Waals surface area contributed by atoms with Crippen molar-refractivity contribution < 1.29 is 9.59 Å². The van der Waals surface area contributed by atoms with Gasteiger partial charge in [-0.2, -0.15) is 5.10 Å². The number of rotatable bonds is 6. The van der Waals surface area contributed by atoms with Crippen molar-refractivity contribution in [1.82, 2.24) is 5.43 Å². The topological polar surface area (TPSA) is 61.8 Å². The highest BCUT2D eigenvalue weighted by atomic mass is 16.2. The van der Waals surface area contributed by atoms with E-state index < -0.39 is 0 Å². The smallest absolute Gasteiger partial charge is 0.271 e. The maximum Gasteiger partial charge on any atom is 0.271 e. The number of hydrogen-bond acceptors (Lipinski definition) is 3. The second-order valence-corrected chi connectivity index (χ2v) is 7.76. The fourth-order valence-corrected chi connectivity index (χ4v) is 4.00. The molecule has 4 aromatic carbocycles. The van der Waals surface area contributed by atoms with Crippen LogP contribution in [-0.4, -0.2) is 18.0 Å². The molecular formula is C28H21N3O2. The van der Waals surface area contributed by atoms with Crippen LogP contribution in [0, 0.1) is 0 Å². The third-order valence-electron chi connectivity index (χ3n) is 5.62. The van der Waals surface area contributed by atoms with E-state index in [0.29, 0.717) is 12.1 Å². The van der Waals surface area contributed by atoms with Crippen LogP contribution in [0.15, 0.2) is 102 Å². The van der Waals surface area contributed by atoms with Gasteiger partial charge in [0.1, 0.15) is 0 Å². The molecule has 1 aliphatic rings. The van der Waals surface area contributed by atoms with Gasteiger partial charge in [-0.05, 0) is 46.9 Å². The summed E-state index contributed by atoms with van der Waals surface area (Å²) in [5, 5.41) is 6.02. The van der Waals surface area contributed by atoms with Crippen molar-refractivity contribution >= 4 is 40.6 Å². The Balaban J connectivity index is 1.23. The molecule has 0 spiro atoms. The average Bonchev–Trinajstić information content (AvgIpc) is 3.13. The normalized spacial score (nSPS) is 12.8. The van der Waals surface area contributed by atoms with Gasteiger partial charge in [-0.1, -0.05) is 72.8 Å². The highest BCUT2D eigenvalue weighted by Gasteiger charge is 2.29. The second kappa shape index (κ2) is 8.93. The van der Waals surface area contributed by atoms with Gasteiger partial charge in [0.2, 0.25) is 0 Å². The first-order valence-electron chi connectivity index (χ1n) is 10.7. The van der Waals surface area contributed by atoms with Crippen molar-refractivity contribution in [2.24, 2.45) is 5.10 Å². The van der Waals surface area contributed by atoms with E-state index in [4.69, 9.17) is 0 Å². The molecule has 5 rings (SSSR count). The van der Waals surface area contributed by atoms with Gasteiger partial charge in [0.05, 0.1) is 12.2 Å². The van der Waals surface area contributed by atoms with E-state index in [-0.39, 0.29) is 11.8 Å². The summed E-state index contributed by atoms with van der Waals surface area (Å²) in [6, 6.07) is 28.8. The standard InChI is InChI=1S/C28H21N3O2/c32-27(30-29-18-6-9-20-7-2-1-3-8-20)23-16-14-21(15-17-23)19-31-25-13-5-11-22-10-4-12-24(26(22)25)28(31)33/h1-18H,19H2,(H,30,32)/b9-6+,29-18+. The highest BCUT2D eigenvalue weighted by molar-refractivity contribution is 6.24. The highest BCUT2D eigenvalue weighted by Crippen LogP contribution is 2.37.